The van der Waals surface area contributed by atoms with Gasteiger partial charge in [-0.25, -0.2) is 9.97 Å². The number of anilines is 1. The zero-order chi connectivity index (χ0) is 12.3. The summed E-state index contributed by atoms with van der Waals surface area (Å²) in [6.07, 6.45) is 1.43. The van der Waals surface area contributed by atoms with Gasteiger partial charge in [0.25, 0.3) is 0 Å². The Kier molecular flexibility index (Phi) is 3.44. The average Bonchev–Trinajstić information content (AvgIpc) is 2.32. The van der Waals surface area contributed by atoms with E-state index in [0.29, 0.717) is 23.2 Å². The minimum Gasteiger partial charge on any atom is -0.492 e. The average molecular weight is 250 g/mol. The lowest BCUT2D eigenvalue weighted by molar-refractivity contribution is 0.340. The molecule has 0 bridgehead atoms. The molecular formula is C12H12ClN3O. The van der Waals surface area contributed by atoms with E-state index in [2.05, 4.69) is 9.97 Å². The molecule has 1 aromatic heterocycles. The summed E-state index contributed by atoms with van der Waals surface area (Å²) in [4.78, 5) is 7.98. The number of aromatic nitrogens is 2. The third-order valence-electron chi connectivity index (χ3n) is 2.22. The summed E-state index contributed by atoms with van der Waals surface area (Å²) >= 11 is 6.10. The van der Waals surface area contributed by atoms with Gasteiger partial charge in [-0.05, 0) is 25.1 Å². The summed E-state index contributed by atoms with van der Waals surface area (Å²) in [7, 11) is 0. The van der Waals surface area contributed by atoms with Crippen molar-refractivity contribution in [3.63, 3.8) is 0 Å². The molecule has 0 fully saturated rings. The van der Waals surface area contributed by atoms with Crippen LogP contribution < -0.4 is 10.5 Å². The highest BCUT2D eigenvalue weighted by Gasteiger charge is 2.05. The van der Waals surface area contributed by atoms with Crippen molar-refractivity contribution < 1.29 is 4.74 Å². The van der Waals surface area contributed by atoms with E-state index in [1.165, 1.54) is 6.33 Å². The van der Waals surface area contributed by atoms with Crippen molar-refractivity contribution in [1.82, 2.24) is 9.97 Å². The molecular weight excluding hydrogens is 238 g/mol. The first kappa shape index (κ1) is 11.7. The first-order valence-electron chi connectivity index (χ1n) is 5.21. The summed E-state index contributed by atoms with van der Waals surface area (Å²) in [5.74, 6) is 1.10. The fraction of sp³-hybridized carbons (Fsp3) is 0.167. The van der Waals surface area contributed by atoms with Crippen LogP contribution in [0.2, 0.25) is 5.02 Å². The highest BCUT2D eigenvalue weighted by Crippen LogP contribution is 2.29. The van der Waals surface area contributed by atoms with Crippen LogP contribution in [0.15, 0.2) is 30.6 Å². The Bertz CT molecular complexity index is 531. The molecule has 0 saturated heterocycles. The van der Waals surface area contributed by atoms with E-state index in [9.17, 15) is 0 Å². The van der Waals surface area contributed by atoms with Crippen molar-refractivity contribution in [2.24, 2.45) is 0 Å². The van der Waals surface area contributed by atoms with Crippen LogP contribution in [0.3, 0.4) is 0 Å². The van der Waals surface area contributed by atoms with Gasteiger partial charge in [-0.3, -0.25) is 0 Å². The summed E-state index contributed by atoms with van der Waals surface area (Å²) in [5.41, 5.74) is 7.22. The molecule has 1 heterocycles. The highest BCUT2D eigenvalue weighted by molar-refractivity contribution is 6.32. The fourth-order valence-corrected chi connectivity index (χ4v) is 1.70. The minimum absolute atomic E-state index is 0.431. The van der Waals surface area contributed by atoms with Gasteiger partial charge in [-0.2, -0.15) is 0 Å². The van der Waals surface area contributed by atoms with E-state index in [1.54, 1.807) is 12.1 Å². The summed E-state index contributed by atoms with van der Waals surface area (Å²) in [6.45, 7) is 2.49. The highest BCUT2D eigenvalue weighted by atomic mass is 35.5. The van der Waals surface area contributed by atoms with Gasteiger partial charge in [0, 0.05) is 11.6 Å². The van der Waals surface area contributed by atoms with Gasteiger partial charge in [-0.15, -0.1) is 0 Å². The lowest BCUT2D eigenvalue weighted by Crippen LogP contribution is -1.94. The van der Waals surface area contributed by atoms with Crippen LogP contribution in [0.4, 0.5) is 5.82 Å². The second-order valence-electron chi connectivity index (χ2n) is 3.41. The Morgan fingerprint density at radius 1 is 1.29 bits per heavy atom. The fourth-order valence-electron chi connectivity index (χ4n) is 1.46. The number of nitrogens with zero attached hydrogens (tertiary/aromatic N) is 2. The van der Waals surface area contributed by atoms with Crippen LogP contribution in [0, 0.1) is 0 Å². The third kappa shape index (κ3) is 2.65. The monoisotopic (exact) mass is 249 g/mol. The molecule has 0 unspecified atom stereocenters. The van der Waals surface area contributed by atoms with Crippen LogP contribution >= 0.6 is 11.6 Å². The molecule has 88 valence electrons. The Balaban J connectivity index is 2.37. The molecule has 0 aliphatic rings. The molecule has 0 aliphatic carbocycles. The topological polar surface area (TPSA) is 61.0 Å². The third-order valence-corrected chi connectivity index (χ3v) is 2.51. The number of benzene rings is 1. The number of ether oxygens (including phenoxy) is 1. The van der Waals surface area contributed by atoms with Crippen molar-refractivity contribution in [2.75, 3.05) is 12.3 Å². The number of rotatable bonds is 3. The molecule has 0 spiro atoms. The largest absolute Gasteiger partial charge is 0.492 e. The smallest absolute Gasteiger partial charge is 0.137 e. The molecule has 2 rings (SSSR count). The minimum atomic E-state index is 0.431. The molecule has 0 saturated carbocycles. The van der Waals surface area contributed by atoms with Crippen molar-refractivity contribution in [1.29, 1.82) is 0 Å². The zero-order valence-electron chi connectivity index (χ0n) is 9.35. The Morgan fingerprint density at radius 3 is 2.76 bits per heavy atom. The van der Waals surface area contributed by atoms with Gasteiger partial charge in [0.1, 0.15) is 17.9 Å². The van der Waals surface area contributed by atoms with Crippen LogP contribution in [-0.2, 0) is 0 Å². The molecule has 2 N–H and O–H groups in total. The first-order valence-corrected chi connectivity index (χ1v) is 5.58. The number of hydrogen-bond donors (Lipinski definition) is 1. The second kappa shape index (κ2) is 5.01. The number of hydrogen-bond acceptors (Lipinski definition) is 4. The molecule has 0 atom stereocenters. The lowest BCUT2D eigenvalue weighted by atomic mass is 10.1. The van der Waals surface area contributed by atoms with Crippen molar-refractivity contribution in [3.8, 4) is 17.0 Å². The van der Waals surface area contributed by atoms with Crippen LogP contribution in [0.25, 0.3) is 11.3 Å². The van der Waals surface area contributed by atoms with E-state index in [1.807, 2.05) is 19.1 Å². The summed E-state index contributed by atoms with van der Waals surface area (Å²) in [6, 6.07) is 7.21. The van der Waals surface area contributed by atoms with E-state index in [-0.39, 0.29) is 0 Å². The Morgan fingerprint density at radius 2 is 2.12 bits per heavy atom. The van der Waals surface area contributed by atoms with Crippen LogP contribution in [0.5, 0.6) is 5.75 Å². The maximum Gasteiger partial charge on any atom is 0.137 e. The van der Waals surface area contributed by atoms with Gasteiger partial charge in [0.15, 0.2) is 0 Å². The van der Waals surface area contributed by atoms with Gasteiger partial charge in [0.05, 0.1) is 17.3 Å². The second-order valence-corrected chi connectivity index (χ2v) is 3.81. The molecule has 2 aromatic rings. The molecule has 0 amide bonds. The lowest BCUT2D eigenvalue weighted by Gasteiger charge is -2.07. The van der Waals surface area contributed by atoms with E-state index < -0.39 is 0 Å². The zero-order valence-corrected chi connectivity index (χ0v) is 10.1. The maximum absolute atomic E-state index is 6.10. The van der Waals surface area contributed by atoms with E-state index in [4.69, 9.17) is 22.1 Å². The molecule has 0 aliphatic heterocycles. The number of nitrogen functional groups attached to an aromatic ring is 1. The SMILES string of the molecule is CCOc1ccc(-c2cc(N)ncn2)cc1Cl. The molecule has 1 aromatic carbocycles. The van der Waals surface area contributed by atoms with Gasteiger partial charge < -0.3 is 10.5 Å². The predicted octanol–water partition coefficient (Wildman–Crippen LogP) is 2.78. The van der Waals surface area contributed by atoms with Gasteiger partial charge in [-0.1, -0.05) is 11.6 Å². The molecule has 5 heteroatoms. The van der Waals surface area contributed by atoms with Crippen LogP contribution in [-0.4, -0.2) is 16.6 Å². The Hall–Kier alpha value is -1.81. The molecule has 4 nitrogen and oxygen atoms in total. The first-order chi connectivity index (χ1) is 8.20. The van der Waals surface area contributed by atoms with E-state index >= 15 is 0 Å². The van der Waals surface area contributed by atoms with Crippen molar-refractivity contribution in [2.45, 2.75) is 6.92 Å². The molecule has 0 radical (unpaired) electrons. The van der Waals surface area contributed by atoms with E-state index in [0.717, 1.165) is 11.3 Å². The number of halogens is 1. The predicted molar refractivity (Wildman–Crippen MR) is 68.1 cm³/mol. The molecule has 17 heavy (non-hydrogen) atoms. The summed E-state index contributed by atoms with van der Waals surface area (Å²) in [5, 5.41) is 0.557. The van der Waals surface area contributed by atoms with Crippen LogP contribution in [0.1, 0.15) is 6.92 Å². The quantitative estimate of drug-likeness (QED) is 0.909. The van der Waals surface area contributed by atoms with Gasteiger partial charge >= 0.3 is 0 Å². The van der Waals surface area contributed by atoms with Crippen molar-refractivity contribution in [3.05, 3.63) is 35.6 Å². The maximum atomic E-state index is 6.10. The van der Waals surface area contributed by atoms with Crippen molar-refractivity contribution >= 4 is 17.4 Å². The summed E-state index contributed by atoms with van der Waals surface area (Å²) < 4.78 is 5.36. The normalized spacial score (nSPS) is 10.2. The Labute approximate surface area is 104 Å². The number of nitrogens with two attached hydrogens (primary N) is 1. The van der Waals surface area contributed by atoms with Gasteiger partial charge in [0.2, 0.25) is 0 Å². The standard InChI is InChI=1S/C12H12ClN3O/c1-2-17-11-4-3-8(5-9(11)13)10-6-12(14)16-7-15-10/h3-7H,2H2,1H3,(H2,14,15,16).